The highest BCUT2D eigenvalue weighted by molar-refractivity contribution is 5.33. The van der Waals surface area contributed by atoms with E-state index >= 15 is 0 Å². The van der Waals surface area contributed by atoms with Crippen LogP contribution in [0.5, 0.6) is 5.75 Å². The van der Waals surface area contributed by atoms with Crippen molar-refractivity contribution in [3.8, 4) is 5.75 Å². The van der Waals surface area contributed by atoms with Crippen molar-refractivity contribution in [2.75, 3.05) is 45.9 Å². The smallest absolute Gasteiger partial charge is 0.123 e. The van der Waals surface area contributed by atoms with Gasteiger partial charge in [-0.05, 0) is 19.9 Å². The lowest BCUT2D eigenvalue weighted by Crippen LogP contribution is -2.57. The van der Waals surface area contributed by atoms with E-state index in [2.05, 4.69) is 53.2 Å². The van der Waals surface area contributed by atoms with Crippen molar-refractivity contribution >= 4 is 0 Å². The van der Waals surface area contributed by atoms with Gasteiger partial charge in [-0.25, -0.2) is 0 Å². The molecular weight excluding hydrogens is 262 g/mol. The highest BCUT2D eigenvalue weighted by Crippen LogP contribution is 2.24. The molecule has 0 atom stereocenters. The second-order valence-electron chi connectivity index (χ2n) is 6.72. The van der Waals surface area contributed by atoms with Gasteiger partial charge >= 0.3 is 0 Å². The third-order valence-electron chi connectivity index (χ3n) is 4.62. The molecule has 1 aromatic carbocycles. The average Bonchev–Trinajstić information content (AvgIpc) is 2.69. The van der Waals surface area contributed by atoms with Gasteiger partial charge in [-0.1, -0.05) is 18.2 Å². The first kappa shape index (κ1) is 14.8. The second kappa shape index (κ2) is 6.34. The Morgan fingerprint density at radius 2 is 1.90 bits per heavy atom. The summed E-state index contributed by atoms with van der Waals surface area (Å²) >= 11 is 0. The van der Waals surface area contributed by atoms with E-state index in [1.807, 2.05) is 0 Å². The SMILES string of the molecule is CC(C)(CN1CCOc2ccccc2C1)N1CCNCC1. The molecule has 3 rings (SSSR count). The van der Waals surface area contributed by atoms with Crippen LogP contribution in [0.4, 0.5) is 0 Å². The van der Waals surface area contributed by atoms with Gasteiger partial charge in [0.2, 0.25) is 0 Å². The van der Waals surface area contributed by atoms with Crippen molar-refractivity contribution in [2.45, 2.75) is 25.9 Å². The summed E-state index contributed by atoms with van der Waals surface area (Å²) in [7, 11) is 0. The highest BCUT2D eigenvalue weighted by Gasteiger charge is 2.30. The minimum atomic E-state index is 0.210. The number of hydrogen-bond donors (Lipinski definition) is 1. The van der Waals surface area contributed by atoms with Gasteiger partial charge in [-0.3, -0.25) is 9.80 Å². The molecule has 1 aromatic rings. The van der Waals surface area contributed by atoms with Gasteiger partial charge in [0.25, 0.3) is 0 Å². The van der Waals surface area contributed by atoms with E-state index in [0.717, 1.165) is 58.2 Å². The maximum atomic E-state index is 5.87. The Hall–Kier alpha value is -1.10. The van der Waals surface area contributed by atoms with E-state index in [-0.39, 0.29) is 5.54 Å². The zero-order valence-corrected chi connectivity index (χ0v) is 13.3. The van der Waals surface area contributed by atoms with Gasteiger partial charge in [-0.2, -0.15) is 0 Å². The molecular formula is C17H27N3O. The molecule has 0 aromatic heterocycles. The maximum absolute atomic E-state index is 5.87. The normalized spacial score (nSPS) is 21.4. The van der Waals surface area contributed by atoms with Gasteiger partial charge in [0.05, 0.1) is 0 Å². The lowest BCUT2D eigenvalue weighted by molar-refractivity contribution is 0.0586. The molecule has 0 unspecified atom stereocenters. The van der Waals surface area contributed by atoms with Gasteiger partial charge < -0.3 is 10.1 Å². The molecule has 0 spiro atoms. The number of nitrogens with zero attached hydrogens (tertiary/aromatic N) is 2. The van der Waals surface area contributed by atoms with Crippen LogP contribution in [0, 0.1) is 0 Å². The van der Waals surface area contributed by atoms with Crippen LogP contribution in [0.3, 0.4) is 0 Å². The summed E-state index contributed by atoms with van der Waals surface area (Å²) in [5.74, 6) is 1.06. The molecule has 21 heavy (non-hydrogen) atoms. The fourth-order valence-electron chi connectivity index (χ4n) is 3.43. The minimum Gasteiger partial charge on any atom is -0.492 e. The molecule has 1 saturated heterocycles. The zero-order chi connectivity index (χ0) is 14.7. The van der Waals surface area contributed by atoms with Crippen LogP contribution in [-0.4, -0.2) is 61.2 Å². The first-order chi connectivity index (χ1) is 10.1. The Bertz CT molecular complexity index is 469. The summed E-state index contributed by atoms with van der Waals surface area (Å²) in [5.41, 5.74) is 1.52. The third-order valence-corrected chi connectivity index (χ3v) is 4.62. The monoisotopic (exact) mass is 289 g/mol. The topological polar surface area (TPSA) is 27.7 Å². The molecule has 0 amide bonds. The lowest BCUT2D eigenvalue weighted by atomic mass is 10.0. The van der Waals surface area contributed by atoms with Crippen molar-refractivity contribution in [2.24, 2.45) is 0 Å². The van der Waals surface area contributed by atoms with Crippen molar-refractivity contribution in [3.63, 3.8) is 0 Å². The first-order valence-corrected chi connectivity index (χ1v) is 8.04. The van der Waals surface area contributed by atoms with E-state index in [1.165, 1.54) is 5.56 Å². The van der Waals surface area contributed by atoms with E-state index in [1.54, 1.807) is 0 Å². The molecule has 0 aliphatic carbocycles. The van der Waals surface area contributed by atoms with Crippen molar-refractivity contribution in [3.05, 3.63) is 29.8 Å². The number of ether oxygens (including phenoxy) is 1. The molecule has 1 fully saturated rings. The van der Waals surface area contributed by atoms with Gasteiger partial charge in [0.1, 0.15) is 12.4 Å². The van der Waals surface area contributed by atoms with E-state index in [9.17, 15) is 0 Å². The van der Waals surface area contributed by atoms with Crippen LogP contribution in [0.25, 0.3) is 0 Å². The van der Waals surface area contributed by atoms with E-state index in [4.69, 9.17) is 4.74 Å². The molecule has 116 valence electrons. The van der Waals surface area contributed by atoms with Gasteiger partial charge in [0, 0.05) is 56.9 Å². The summed E-state index contributed by atoms with van der Waals surface area (Å²) < 4.78 is 5.87. The predicted octanol–water partition coefficient (Wildman–Crippen LogP) is 1.56. The average molecular weight is 289 g/mol. The van der Waals surface area contributed by atoms with Gasteiger partial charge in [0.15, 0.2) is 0 Å². The van der Waals surface area contributed by atoms with E-state index < -0.39 is 0 Å². The second-order valence-corrected chi connectivity index (χ2v) is 6.72. The Labute approximate surface area is 128 Å². The number of hydrogen-bond acceptors (Lipinski definition) is 4. The molecule has 4 heteroatoms. The number of piperazine rings is 1. The molecule has 2 aliphatic heterocycles. The molecule has 4 nitrogen and oxygen atoms in total. The maximum Gasteiger partial charge on any atom is 0.123 e. The summed E-state index contributed by atoms with van der Waals surface area (Å²) in [6, 6.07) is 8.43. The minimum absolute atomic E-state index is 0.210. The molecule has 1 N–H and O–H groups in total. The highest BCUT2D eigenvalue weighted by atomic mass is 16.5. The largest absolute Gasteiger partial charge is 0.492 e. The number of para-hydroxylation sites is 1. The molecule has 2 aliphatic rings. The van der Waals surface area contributed by atoms with Crippen LogP contribution in [0.2, 0.25) is 0 Å². The number of nitrogens with one attached hydrogen (secondary N) is 1. The zero-order valence-electron chi connectivity index (χ0n) is 13.3. The summed E-state index contributed by atoms with van der Waals surface area (Å²) in [5, 5.41) is 3.44. The quantitative estimate of drug-likeness (QED) is 0.914. The molecule has 2 heterocycles. The molecule has 0 bridgehead atoms. The van der Waals surface area contributed by atoms with Crippen LogP contribution >= 0.6 is 0 Å². The summed E-state index contributed by atoms with van der Waals surface area (Å²) in [6.45, 7) is 13.1. The van der Waals surface area contributed by atoms with Crippen molar-refractivity contribution in [1.82, 2.24) is 15.1 Å². The molecule has 0 saturated carbocycles. The fraction of sp³-hybridized carbons (Fsp3) is 0.647. The lowest BCUT2D eigenvalue weighted by Gasteiger charge is -2.43. The number of benzene rings is 1. The third kappa shape index (κ3) is 3.57. The van der Waals surface area contributed by atoms with Crippen LogP contribution < -0.4 is 10.1 Å². The van der Waals surface area contributed by atoms with Crippen LogP contribution in [-0.2, 0) is 6.54 Å². The standard InChI is InChI=1S/C17H27N3O/c1-17(2,20-9-7-18-8-10-20)14-19-11-12-21-16-6-4-3-5-15(16)13-19/h3-6,18H,7-14H2,1-2H3. The Balaban J connectivity index is 1.66. The van der Waals surface area contributed by atoms with Crippen LogP contribution in [0.15, 0.2) is 24.3 Å². The van der Waals surface area contributed by atoms with Crippen LogP contribution in [0.1, 0.15) is 19.4 Å². The molecule has 0 radical (unpaired) electrons. The Morgan fingerprint density at radius 3 is 2.71 bits per heavy atom. The Kier molecular flexibility index (Phi) is 4.48. The Morgan fingerprint density at radius 1 is 1.14 bits per heavy atom. The number of fused-ring (bicyclic) bond motifs is 1. The van der Waals surface area contributed by atoms with Crippen molar-refractivity contribution < 1.29 is 4.74 Å². The van der Waals surface area contributed by atoms with Crippen molar-refractivity contribution in [1.29, 1.82) is 0 Å². The first-order valence-electron chi connectivity index (χ1n) is 8.04. The van der Waals surface area contributed by atoms with Gasteiger partial charge in [-0.15, -0.1) is 0 Å². The predicted molar refractivity (Wildman–Crippen MR) is 85.7 cm³/mol. The summed E-state index contributed by atoms with van der Waals surface area (Å²) in [4.78, 5) is 5.15. The van der Waals surface area contributed by atoms with E-state index in [0.29, 0.717) is 0 Å². The summed E-state index contributed by atoms with van der Waals surface area (Å²) in [6.07, 6.45) is 0. The number of rotatable bonds is 3. The fourth-order valence-corrected chi connectivity index (χ4v) is 3.43.